The summed E-state index contributed by atoms with van der Waals surface area (Å²) in [6.45, 7) is 4.04. The van der Waals surface area contributed by atoms with Crippen LogP contribution in [0.5, 0.6) is 0 Å². The van der Waals surface area contributed by atoms with Crippen molar-refractivity contribution in [2.75, 3.05) is 0 Å². The molecule has 2 aliphatic rings. The molecule has 1 aliphatic carbocycles. The third kappa shape index (κ3) is 3.61. The second-order valence-corrected chi connectivity index (χ2v) is 8.21. The van der Waals surface area contributed by atoms with Gasteiger partial charge in [-0.15, -0.1) is 0 Å². The van der Waals surface area contributed by atoms with Gasteiger partial charge in [-0.3, -0.25) is 4.79 Å². The van der Waals surface area contributed by atoms with Crippen molar-refractivity contribution in [1.82, 2.24) is 5.32 Å². The fourth-order valence-corrected chi connectivity index (χ4v) is 4.56. The Morgan fingerprint density at radius 3 is 2.34 bits per heavy atom. The highest BCUT2D eigenvalue weighted by Crippen LogP contribution is 2.45. The summed E-state index contributed by atoms with van der Waals surface area (Å²) < 4.78 is 0. The van der Waals surface area contributed by atoms with Gasteiger partial charge in [0.2, 0.25) is 0 Å². The standard InChI is InChI=1S/C25H23ClN2O/c1-3-16-4-6-18(7-5-16)24-21(14-27)15(2)28-22-12-19(13-23(29)25(22)24)17-8-10-20(26)11-9-17/h4-11,19,24,28H,3,12-13H2,1-2H3/t19-,24+/m0/s1. The molecule has 4 rings (SSSR count). The quantitative estimate of drug-likeness (QED) is 0.707. The number of Topliss-reactive ketones (excluding diaryl/α,β-unsaturated/α-hetero) is 1. The molecule has 0 amide bonds. The Hall–Kier alpha value is -2.83. The Bertz CT molecular complexity index is 1060. The lowest BCUT2D eigenvalue weighted by molar-refractivity contribution is -0.116. The molecule has 2 atom stereocenters. The van der Waals surface area contributed by atoms with Gasteiger partial charge in [0.1, 0.15) is 0 Å². The molecule has 0 unspecified atom stereocenters. The molecule has 2 aromatic rings. The molecule has 0 spiro atoms. The number of nitrogens with one attached hydrogen (secondary N) is 1. The second kappa shape index (κ2) is 7.89. The molecule has 29 heavy (non-hydrogen) atoms. The Labute approximate surface area is 176 Å². The van der Waals surface area contributed by atoms with Crippen LogP contribution in [0.25, 0.3) is 0 Å². The molecule has 4 heteroatoms. The van der Waals surface area contributed by atoms with Crippen molar-refractivity contribution in [3.8, 4) is 6.07 Å². The molecule has 0 fully saturated rings. The number of ketones is 1. The normalized spacial score (nSPS) is 21.5. The van der Waals surface area contributed by atoms with Crippen molar-refractivity contribution < 1.29 is 4.79 Å². The van der Waals surface area contributed by atoms with Crippen LogP contribution >= 0.6 is 11.6 Å². The minimum atomic E-state index is -0.291. The molecule has 1 aliphatic heterocycles. The van der Waals surface area contributed by atoms with Gasteiger partial charge in [-0.2, -0.15) is 5.26 Å². The predicted molar refractivity (Wildman–Crippen MR) is 115 cm³/mol. The number of nitrogens with zero attached hydrogens (tertiary/aromatic N) is 1. The lowest BCUT2D eigenvalue weighted by Crippen LogP contribution is -2.33. The predicted octanol–water partition coefficient (Wildman–Crippen LogP) is 5.79. The highest BCUT2D eigenvalue weighted by Gasteiger charge is 2.38. The van der Waals surface area contributed by atoms with E-state index in [1.165, 1.54) is 5.56 Å². The van der Waals surface area contributed by atoms with E-state index in [1.807, 2.05) is 31.2 Å². The number of halogens is 1. The van der Waals surface area contributed by atoms with Crippen LogP contribution in [0.4, 0.5) is 0 Å². The highest BCUT2D eigenvalue weighted by molar-refractivity contribution is 6.30. The molecule has 0 saturated heterocycles. The molecule has 0 bridgehead atoms. The molecule has 1 N–H and O–H groups in total. The average Bonchev–Trinajstić information content (AvgIpc) is 2.73. The number of nitriles is 1. The first-order valence-electron chi connectivity index (χ1n) is 10.00. The molecule has 146 valence electrons. The van der Waals surface area contributed by atoms with Gasteiger partial charge >= 0.3 is 0 Å². The van der Waals surface area contributed by atoms with Crippen molar-refractivity contribution in [1.29, 1.82) is 5.26 Å². The first kappa shape index (κ1) is 19.5. The van der Waals surface area contributed by atoms with E-state index >= 15 is 0 Å². The molecule has 2 aromatic carbocycles. The summed E-state index contributed by atoms with van der Waals surface area (Å²) in [4.78, 5) is 13.3. The zero-order valence-corrected chi connectivity index (χ0v) is 17.4. The van der Waals surface area contributed by atoms with Crippen molar-refractivity contribution in [2.45, 2.75) is 44.9 Å². The van der Waals surface area contributed by atoms with E-state index in [-0.39, 0.29) is 17.6 Å². The number of hydrogen-bond donors (Lipinski definition) is 1. The van der Waals surface area contributed by atoms with Gasteiger partial charge in [0.25, 0.3) is 0 Å². The van der Waals surface area contributed by atoms with Crippen molar-refractivity contribution >= 4 is 17.4 Å². The van der Waals surface area contributed by atoms with Crippen LogP contribution in [0.1, 0.15) is 55.2 Å². The number of rotatable bonds is 3. The number of allylic oxidation sites excluding steroid dienone is 4. The monoisotopic (exact) mass is 402 g/mol. The van der Waals surface area contributed by atoms with Gasteiger partial charge in [-0.1, -0.05) is 54.9 Å². The van der Waals surface area contributed by atoms with E-state index in [2.05, 4.69) is 42.6 Å². The van der Waals surface area contributed by atoms with Crippen LogP contribution in [0.2, 0.25) is 5.02 Å². The van der Waals surface area contributed by atoms with E-state index in [0.717, 1.165) is 40.9 Å². The molecular formula is C25H23ClN2O. The summed E-state index contributed by atoms with van der Waals surface area (Å²) in [5.41, 5.74) is 6.53. The highest BCUT2D eigenvalue weighted by atomic mass is 35.5. The van der Waals surface area contributed by atoms with Crippen molar-refractivity contribution in [3.63, 3.8) is 0 Å². The summed E-state index contributed by atoms with van der Waals surface area (Å²) in [5, 5.41) is 13.9. The lowest BCUT2D eigenvalue weighted by Gasteiger charge is -2.35. The molecule has 1 heterocycles. The Balaban J connectivity index is 1.75. The van der Waals surface area contributed by atoms with Crippen LogP contribution in [-0.2, 0) is 11.2 Å². The summed E-state index contributed by atoms with van der Waals surface area (Å²) in [5.74, 6) is -0.0603. The number of aryl methyl sites for hydroxylation is 1. The summed E-state index contributed by atoms with van der Waals surface area (Å²) >= 11 is 6.02. The summed E-state index contributed by atoms with van der Waals surface area (Å²) in [6, 6.07) is 18.4. The molecule has 0 saturated carbocycles. The van der Waals surface area contributed by atoms with Gasteiger partial charge in [0, 0.05) is 28.4 Å². The van der Waals surface area contributed by atoms with E-state index in [9.17, 15) is 10.1 Å². The van der Waals surface area contributed by atoms with Crippen LogP contribution in [0.15, 0.2) is 71.1 Å². The van der Waals surface area contributed by atoms with Gasteiger partial charge < -0.3 is 5.32 Å². The lowest BCUT2D eigenvalue weighted by atomic mass is 9.72. The van der Waals surface area contributed by atoms with E-state index in [0.29, 0.717) is 17.0 Å². The van der Waals surface area contributed by atoms with Crippen molar-refractivity contribution in [2.24, 2.45) is 0 Å². The van der Waals surface area contributed by atoms with Crippen molar-refractivity contribution in [3.05, 3.63) is 92.8 Å². The molecule has 0 aromatic heterocycles. The number of dihydropyridines is 1. The minimum Gasteiger partial charge on any atom is -0.361 e. The topological polar surface area (TPSA) is 52.9 Å². The van der Waals surface area contributed by atoms with E-state index in [4.69, 9.17) is 11.6 Å². The number of carbonyl (C=O) groups excluding carboxylic acids is 1. The molecule has 3 nitrogen and oxygen atoms in total. The maximum atomic E-state index is 13.3. The first-order chi connectivity index (χ1) is 14.0. The average molecular weight is 403 g/mol. The van der Waals surface area contributed by atoms with E-state index in [1.54, 1.807) is 0 Å². The van der Waals surface area contributed by atoms with Crippen LogP contribution in [-0.4, -0.2) is 5.78 Å². The third-order valence-corrected chi connectivity index (χ3v) is 6.26. The number of carbonyl (C=O) groups is 1. The second-order valence-electron chi connectivity index (χ2n) is 7.78. The Morgan fingerprint density at radius 1 is 1.07 bits per heavy atom. The van der Waals surface area contributed by atoms with E-state index < -0.39 is 0 Å². The summed E-state index contributed by atoms with van der Waals surface area (Å²) in [6.07, 6.45) is 2.16. The van der Waals surface area contributed by atoms with Crippen LogP contribution < -0.4 is 5.32 Å². The zero-order chi connectivity index (χ0) is 20.5. The largest absolute Gasteiger partial charge is 0.361 e. The SMILES string of the molecule is CCc1ccc([C@@H]2C(C#N)=C(C)NC3=C2C(=O)C[C@@H](c2ccc(Cl)cc2)C3)cc1. The fraction of sp³-hybridized carbons (Fsp3) is 0.280. The maximum Gasteiger partial charge on any atom is 0.162 e. The number of hydrogen-bond acceptors (Lipinski definition) is 3. The zero-order valence-electron chi connectivity index (χ0n) is 16.6. The maximum absolute atomic E-state index is 13.3. The number of benzene rings is 2. The fourth-order valence-electron chi connectivity index (χ4n) is 4.44. The first-order valence-corrected chi connectivity index (χ1v) is 10.4. The van der Waals surface area contributed by atoms with Gasteiger partial charge in [0.15, 0.2) is 5.78 Å². The smallest absolute Gasteiger partial charge is 0.162 e. The Morgan fingerprint density at radius 2 is 1.72 bits per heavy atom. The van der Waals surface area contributed by atoms with Gasteiger partial charge in [-0.25, -0.2) is 0 Å². The van der Waals surface area contributed by atoms with Crippen LogP contribution in [0.3, 0.4) is 0 Å². The van der Waals surface area contributed by atoms with Crippen LogP contribution in [0, 0.1) is 11.3 Å². The third-order valence-electron chi connectivity index (χ3n) is 6.01. The van der Waals surface area contributed by atoms with Gasteiger partial charge in [0.05, 0.1) is 17.6 Å². The molecule has 0 radical (unpaired) electrons. The minimum absolute atomic E-state index is 0.114. The summed E-state index contributed by atoms with van der Waals surface area (Å²) in [7, 11) is 0. The van der Waals surface area contributed by atoms with Gasteiger partial charge in [-0.05, 0) is 54.5 Å². The Kier molecular flexibility index (Phi) is 5.30. The molecular weight excluding hydrogens is 380 g/mol.